The molecule has 0 aliphatic heterocycles. The quantitative estimate of drug-likeness (QED) is 0.813. The van der Waals surface area contributed by atoms with Gasteiger partial charge in [-0.1, -0.05) is 25.1 Å². The van der Waals surface area contributed by atoms with Gasteiger partial charge in [0.1, 0.15) is 0 Å². The molecule has 0 aromatic carbocycles. The second-order valence-electron chi connectivity index (χ2n) is 5.69. The topological polar surface area (TPSA) is 47.1 Å². The first-order chi connectivity index (χ1) is 9.06. The summed E-state index contributed by atoms with van der Waals surface area (Å²) in [6.45, 7) is 5.83. The molecule has 0 amide bonds. The van der Waals surface area contributed by atoms with Crippen molar-refractivity contribution in [3.05, 3.63) is 18.0 Å². The van der Waals surface area contributed by atoms with E-state index in [0.29, 0.717) is 23.6 Å². The molecule has 19 heavy (non-hydrogen) atoms. The van der Waals surface area contributed by atoms with Crippen molar-refractivity contribution in [2.45, 2.75) is 58.2 Å². The summed E-state index contributed by atoms with van der Waals surface area (Å²) >= 11 is 5.08. The molecule has 0 saturated heterocycles. The van der Waals surface area contributed by atoms with Gasteiger partial charge in [0.25, 0.3) is 0 Å². The van der Waals surface area contributed by atoms with Crippen LogP contribution >= 0.6 is 12.2 Å². The molecule has 1 heterocycles. The molecule has 1 saturated carbocycles. The van der Waals surface area contributed by atoms with Gasteiger partial charge in [0.05, 0.1) is 10.7 Å². The van der Waals surface area contributed by atoms with E-state index in [2.05, 4.69) is 29.9 Å². The normalized spacial score (nSPS) is 16.6. The summed E-state index contributed by atoms with van der Waals surface area (Å²) < 4.78 is 2.00. The third kappa shape index (κ3) is 4.01. The standard InChI is InChI=1S/C14H24N4S/c1-11(2)18-8-7-12(16-18)9-17(10-14(15)19)13-5-3-4-6-13/h7-8,11,13H,3-6,9-10H2,1-2H3,(H2,15,19). The summed E-state index contributed by atoms with van der Waals surface area (Å²) in [5, 5.41) is 4.62. The number of hydrogen-bond donors (Lipinski definition) is 1. The third-order valence-corrected chi connectivity index (χ3v) is 3.89. The van der Waals surface area contributed by atoms with Crippen molar-refractivity contribution in [3.8, 4) is 0 Å². The Kier molecular flexibility index (Phi) is 4.93. The minimum absolute atomic E-state index is 0.407. The Morgan fingerprint density at radius 1 is 1.53 bits per heavy atom. The molecule has 0 spiro atoms. The Morgan fingerprint density at radius 3 is 2.74 bits per heavy atom. The van der Waals surface area contributed by atoms with E-state index in [1.54, 1.807) is 0 Å². The van der Waals surface area contributed by atoms with Crippen molar-refractivity contribution in [3.63, 3.8) is 0 Å². The molecule has 4 nitrogen and oxygen atoms in total. The van der Waals surface area contributed by atoms with Gasteiger partial charge < -0.3 is 5.73 Å². The Balaban J connectivity index is 2.03. The molecule has 2 rings (SSSR count). The minimum atomic E-state index is 0.407. The fourth-order valence-corrected chi connectivity index (χ4v) is 2.91. The smallest absolute Gasteiger partial charge is 0.0870 e. The Bertz CT molecular complexity index is 421. The largest absolute Gasteiger partial charge is 0.392 e. The summed E-state index contributed by atoms with van der Waals surface area (Å²) in [4.78, 5) is 2.97. The molecule has 0 unspecified atom stereocenters. The van der Waals surface area contributed by atoms with E-state index in [9.17, 15) is 0 Å². The summed E-state index contributed by atoms with van der Waals surface area (Å²) in [7, 11) is 0. The van der Waals surface area contributed by atoms with Crippen LogP contribution in [0.5, 0.6) is 0 Å². The van der Waals surface area contributed by atoms with E-state index in [0.717, 1.165) is 12.2 Å². The van der Waals surface area contributed by atoms with Crippen LogP contribution in [0.25, 0.3) is 0 Å². The number of nitrogens with zero attached hydrogens (tertiary/aromatic N) is 3. The van der Waals surface area contributed by atoms with Crippen molar-refractivity contribution >= 4 is 17.2 Å². The Hall–Kier alpha value is -0.940. The molecule has 1 aromatic rings. The molecule has 1 aliphatic rings. The summed E-state index contributed by atoms with van der Waals surface area (Å²) in [5.74, 6) is 0. The number of hydrogen-bond acceptors (Lipinski definition) is 3. The first-order valence-corrected chi connectivity index (χ1v) is 7.53. The molecule has 2 N–H and O–H groups in total. The molecule has 0 atom stereocenters. The third-order valence-electron chi connectivity index (χ3n) is 3.76. The van der Waals surface area contributed by atoms with E-state index in [4.69, 9.17) is 18.0 Å². The zero-order valence-electron chi connectivity index (χ0n) is 11.9. The molecule has 0 radical (unpaired) electrons. The van der Waals surface area contributed by atoms with E-state index in [1.165, 1.54) is 25.7 Å². The van der Waals surface area contributed by atoms with Crippen LogP contribution in [0.4, 0.5) is 0 Å². The highest BCUT2D eigenvalue weighted by atomic mass is 32.1. The predicted octanol–water partition coefficient (Wildman–Crippen LogP) is 2.49. The maximum atomic E-state index is 5.73. The van der Waals surface area contributed by atoms with Gasteiger partial charge in [-0.25, -0.2) is 0 Å². The average molecular weight is 280 g/mol. The van der Waals surface area contributed by atoms with Gasteiger partial charge in [-0.3, -0.25) is 9.58 Å². The van der Waals surface area contributed by atoms with Crippen molar-refractivity contribution in [1.29, 1.82) is 0 Å². The molecule has 1 fully saturated rings. The number of aromatic nitrogens is 2. The monoisotopic (exact) mass is 280 g/mol. The maximum absolute atomic E-state index is 5.73. The average Bonchev–Trinajstić information content (AvgIpc) is 2.98. The first kappa shape index (κ1) is 14.5. The highest BCUT2D eigenvalue weighted by molar-refractivity contribution is 7.80. The maximum Gasteiger partial charge on any atom is 0.0870 e. The predicted molar refractivity (Wildman–Crippen MR) is 82.1 cm³/mol. The van der Waals surface area contributed by atoms with Crippen molar-refractivity contribution in [2.24, 2.45) is 5.73 Å². The first-order valence-electron chi connectivity index (χ1n) is 7.12. The fraction of sp³-hybridized carbons (Fsp3) is 0.714. The molecular formula is C14H24N4S. The fourth-order valence-electron chi connectivity index (χ4n) is 2.74. The molecular weight excluding hydrogens is 256 g/mol. The van der Waals surface area contributed by atoms with Gasteiger partial charge in [0.2, 0.25) is 0 Å². The summed E-state index contributed by atoms with van der Waals surface area (Å²) in [5.41, 5.74) is 6.84. The Morgan fingerprint density at radius 2 is 2.21 bits per heavy atom. The van der Waals surface area contributed by atoms with Crippen LogP contribution in [0.15, 0.2) is 12.3 Å². The lowest BCUT2D eigenvalue weighted by atomic mass is 10.2. The van der Waals surface area contributed by atoms with Gasteiger partial charge in [-0.15, -0.1) is 0 Å². The second-order valence-corrected chi connectivity index (χ2v) is 6.21. The SMILES string of the molecule is CC(C)n1ccc(CN(CC(N)=S)C2CCCC2)n1. The van der Waals surface area contributed by atoms with Crippen LogP contribution in [0, 0.1) is 0 Å². The minimum Gasteiger partial charge on any atom is -0.392 e. The van der Waals surface area contributed by atoms with Crippen LogP contribution in [0.3, 0.4) is 0 Å². The van der Waals surface area contributed by atoms with Gasteiger partial charge in [-0.05, 0) is 32.8 Å². The summed E-state index contributed by atoms with van der Waals surface area (Å²) in [6, 6.07) is 3.12. The van der Waals surface area contributed by atoms with E-state index < -0.39 is 0 Å². The van der Waals surface area contributed by atoms with Crippen LogP contribution in [0.1, 0.15) is 51.3 Å². The number of nitrogens with two attached hydrogens (primary N) is 1. The van der Waals surface area contributed by atoms with E-state index in [-0.39, 0.29) is 0 Å². The van der Waals surface area contributed by atoms with Crippen molar-refractivity contribution < 1.29 is 0 Å². The van der Waals surface area contributed by atoms with Gasteiger partial charge in [0.15, 0.2) is 0 Å². The lowest BCUT2D eigenvalue weighted by Crippen LogP contribution is -2.39. The zero-order chi connectivity index (χ0) is 13.8. The highest BCUT2D eigenvalue weighted by Crippen LogP contribution is 2.24. The zero-order valence-corrected chi connectivity index (χ0v) is 12.7. The molecule has 5 heteroatoms. The molecule has 1 aliphatic carbocycles. The van der Waals surface area contributed by atoms with Gasteiger partial charge in [0, 0.05) is 31.4 Å². The van der Waals surface area contributed by atoms with Crippen LogP contribution < -0.4 is 5.73 Å². The lowest BCUT2D eigenvalue weighted by Gasteiger charge is -2.27. The Labute approximate surface area is 121 Å². The lowest BCUT2D eigenvalue weighted by molar-refractivity contribution is 0.215. The molecule has 106 valence electrons. The number of rotatable bonds is 6. The van der Waals surface area contributed by atoms with Gasteiger partial charge >= 0.3 is 0 Å². The molecule has 0 bridgehead atoms. The van der Waals surface area contributed by atoms with Crippen LogP contribution in [-0.4, -0.2) is 32.3 Å². The van der Waals surface area contributed by atoms with Crippen molar-refractivity contribution in [1.82, 2.24) is 14.7 Å². The number of thiocarbonyl (C=S) groups is 1. The van der Waals surface area contributed by atoms with Crippen LogP contribution in [0.2, 0.25) is 0 Å². The molecule has 1 aromatic heterocycles. The van der Waals surface area contributed by atoms with E-state index in [1.807, 2.05) is 10.9 Å². The summed E-state index contributed by atoms with van der Waals surface area (Å²) in [6.07, 6.45) is 7.20. The second kappa shape index (κ2) is 6.48. The van der Waals surface area contributed by atoms with E-state index >= 15 is 0 Å². The highest BCUT2D eigenvalue weighted by Gasteiger charge is 2.23. The van der Waals surface area contributed by atoms with Crippen LogP contribution in [-0.2, 0) is 6.54 Å². The van der Waals surface area contributed by atoms with Gasteiger partial charge in [-0.2, -0.15) is 5.10 Å². The van der Waals surface area contributed by atoms with Crippen molar-refractivity contribution in [2.75, 3.05) is 6.54 Å².